The lowest BCUT2D eigenvalue weighted by Crippen LogP contribution is -2.13. The van der Waals surface area contributed by atoms with Crippen molar-refractivity contribution in [2.45, 2.75) is 11.5 Å². The van der Waals surface area contributed by atoms with Gasteiger partial charge < -0.3 is 14.6 Å². The summed E-state index contributed by atoms with van der Waals surface area (Å²) in [4.78, 5) is 10.6. The molecule has 0 aliphatic heterocycles. The van der Waals surface area contributed by atoms with Gasteiger partial charge in [-0.3, -0.25) is 4.72 Å². The topological polar surface area (TPSA) is 102 Å². The summed E-state index contributed by atoms with van der Waals surface area (Å²) < 4.78 is 60.7. The van der Waals surface area contributed by atoms with Crippen LogP contribution in [0.2, 0.25) is 0 Å². The highest BCUT2D eigenvalue weighted by molar-refractivity contribution is 7.92. The van der Waals surface area contributed by atoms with Gasteiger partial charge in [0.1, 0.15) is 0 Å². The quantitative estimate of drug-likeness (QED) is 0.774. The Kier molecular flexibility index (Phi) is 5.42. The number of rotatable bonds is 7. The van der Waals surface area contributed by atoms with Crippen LogP contribution in [0.1, 0.15) is 10.4 Å². The standard InChI is InChI=1S/C15H13F2NO6S/c1-23-12-7-4-10(8-13(12)24-15(16)17)18-25(21,22)11-5-2-9(3-6-11)14(19)20/h2-8,15,18H,1H3,(H,19,20). The molecule has 0 spiro atoms. The van der Waals surface area contributed by atoms with Gasteiger partial charge in [0, 0.05) is 6.07 Å². The molecule has 0 heterocycles. The normalized spacial score (nSPS) is 11.2. The van der Waals surface area contributed by atoms with E-state index in [2.05, 4.69) is 9.46 Å². The number of halogens is 2. The van der Waals surface area contributed by atoms with Gasteiger partial charge in [-0.05, 0) is 36.4 Å². The SMILES string of the molecule is COc1ccc(NS(=O)(=O)c2ccc(C(=O)O)cc2)cc1OC(F)F. The molecule has 0 saturated heterocycles. The maximum absolute atomic E-state index is 12.4. The first-order valence-corrected chi connectivity index (χ1v) is 8.20. The maximum Gasteiger partial charge on any atom is 0.387 e. The number of ether oxygens (including phenoxy) is 2. The molecule has 0 radical (unpaired) electrons. The molecular weight excluding hydrogens is 360 g/mol. The van der Waals surface area contributed by atoms with Crippen molar-refractivity contribution in [1.82, 2.24) is 0 Å². The predicted octanol–water partition coefficient (Wildman–Crippen LogP) is 2.80. The summed E-state index contributed by atoms with van der Waals surface area (Å²) >= 11 is 0. The van der Waals surface area contributed by atoms with Crippen LogP contribution in [0.3, 0.4) is 0 Å². The predicted molar refractivity (Wildman–Crippen MR) is 83.8 cm³/mol. The lowest BCUT2D eigenvalue weighted by atomic mass is 10.2. The average molecular weight is 373 g/mol. The largest absolute Gasteiger partial charge is 0.493 e. The van der Waals surface area contributed by atoms with Crippen molar-refractivity contribution in [2.75, 3.05) is 11.8 Å². The van der Waals surface area contributed by atoms with Gasteiger partial charge in [0.05, 0.1) is 23.3 Å². The smallest absolute Gasteiger partial charge is 0.387 e. The molecule has 0 saturated carbocycles. The number of carboxylic acids is 1. The first kappa shape index (κ1) is 18.5. The summed E-state index contributed by atoms with van der Waals surface area (Å²) in [6, 6.07) is 8.13. The lowest BCUT2D eigenvalue weighted by molar-refractivity contribution is -0.0511. The van der Waals surface area contributed by atoms with Crippen molar-refractivity contribution in [3.63, 3.8) is 0 Å². The number of carbonyl (C=O) groups is 1. The van der Waals surface area contributed by atoms with Crippen molar-refractivity contribution in [2.24, 2.45) is 0 Å². The van der Waals surface area contributed by atoms with E-state index in [1.807, 2.05) is 0 Å². The van der Waals surface area contributed by atoms with Crippen LogP contribution in [0, 0.1) is 0 Å². The maximum atomic E-state index is 12.4. The molecule has 7 nitrogen and oxygen atoms in total. The Morgan fingerprint density at radius 1 is 1.12 bits per heavy atom. The number of nitrogens with one attached hydrogen (secondary N) is 1. The minimum atomic E-state index is -4.05. The molecule has 2 aromatic rings. The molecular formula is C15H13F2NO6S. The number of benzene rings is 2. The molecule has 10 heteroatoms. The highest BCUT2D eigenvalue weighted by atomic mass is 32.2. The first-order chi connectivity index (χ1) is 11.7. The third-order valence-corrected chi connectivity index (χ3v) is 4.44. The second-order valence-electron chi connectivity index (χ2n) is 4.68. The Bertz CT molecular complexity index is 868. The van der Waals surface area contributed by atoms with E-state index in [0.717, 1.165) is 30.3 Å². The van der Waals surface area contributed by atoms with Gasteiger partial charge in [0.2, 0.25) is 0 Å². The van der Waals surface area contributed by atoms with Gasteiger partial charge in [-0.1, -0.05) is 0 Å². The fourth-order valence-electron chi connectivity index (χ4n) is 1.92. The summed E-state index contributed by atoms with van der Waals surface area (Å²) in [5.74, 6) is -1.52. The minimum absolute atomic E-state index is 0.00839. The summed E-state index contributed by atoms with van der Waals surface area (Å²) in [6.07, 6.45) is 0. The molecule has 0 unspecified atom stereocenters. The first-order valence-electron chi connectivity index (χ1n) is 6.72. The molecule has 134 valence electrons. The fraction of sp³-hybridized carbons (Fsp3) is 0.133. The van der Waals surface area contributed by atoms with Crippen LogP contribution in [-0.4, -0.2) is 33.2 Å². The van der Waals surface area contributed by atoms with Gasteiger partial charge in [-0.15, -0.1) is 0 Å². The van der Waals surface area contributed by atoms with E-state index >= 15 is 0 Å². The molecule has 2 N–H and O–H groups in total. The van der Waals surface area contributed by atoms with Crippen LogP contribution in [0.25, 0.3) is 0 Å². The minimum Gasteiger partial charge on any atom is -0.493 e. The van der Waals surface area contributed by atoms with Crippen molar-refractivity contribution in [3.8, 4) is 11.5 Å². The second-order valence-corrected chi connectivity index (χ2v) is 6.36. The number of aromatic carboxylic acids is 1. The van der Waals surface area contributed by atoms with Crippen molar-refractivity contribution in [1.29, 1.82) is 0 Å². The van der Waals surface area contributed by atoms with Crippen molar-refractivity contribution >= 4 is 21.7 Å². The zero-order valence-corrected chi connectivity index (χ0v) is 13.6. The second kappa shape index (κ2) is 7.34. The number of hydrogen-bond donors (Lipinski definition) is 2. The van der Waals surface area contributed by atoms with E-state index in [-0.39, 0.29) is 27.6 Å². The van der Waals surface area contributed by atoms with Gasteiger partial charge in [0.25, 0.3) is 10.0 Å². The summed E-state index contributed by atoms with van der Waals surface area (Å²) in [5, 5.41) is 8.81. The van der Waals surface area contributed by atoms with E-state index in [1.165, 1.54) is 19.2 Å². The van der Waals surface area contributed by atoms with E-state index in [1.54, 1.807) is 0 Å². The van der Waals surface area contributed by atoms with E-state index in [9.17, 15) is 22.0 Å². The van der Waals surface area contributed by atoms with Crippen LogP contribution < -0.4 is 14.2 Å². The molecule has 0 aromatic heterocycles. The zero-order valence-electron chi connectivity index (χ0n) is 12.8. The Morgan fingerprint density at radius 2 is 1.76 bits per heavy atom. The van der Waals surface area contributed by atoms with Crippen LogP contribution in [0.4, 0.5) is 14.5 Å². The Morgan fingerprint density at radius 3 is 2.28 bits per heavy atom. The van der Waals surface area contributed by atoms with E-state index < -0.39 is 22.6 Å². The summed E-state index contributed by atoms with van der Waals surface area (Å²) in [5.41, 5.74) is -0.102. The van der Waals surface area contributed by atoms with Crippen LogP contribution >= 0.6 is 0 Å². The molecule has 2 aromatic carbocycles. The number of anilines is 1. The zero-order chi connectivity index (χ0) is 18.6. The number of methoxy groups -OCH3 is 1. The number of carboxylic acid groups (broad SMARTS) is 1. The Labute approximate surface area is 141 Å². The van der Waals surface area contributed by atoms with Crippen LogP contribution in [-0.2, 0) is 10.0 Å². The molecule has 2 rings (SSSR count). The van der Waals surface area contributed by atoms with Crippen molar-refractivity contribution in [3.05, 3.63) is 48.0 Å². The number of hydrogen-bond acceptors (Lipinski definition) is 5. The van der Waals surface area contributed by atoms with Gasteiger partial charge >= 0.3 is 12.6 Å². The highest BCUT2D eigenvalue weighted by Crippen LogP contribution is 2.32. The van der Waals surface area contributed by atoms with E-state index in [4.69, 9.17) is 9.84 Å². The molecule has 0 bridgehead atoms. The summed E-state index contributed by atoms with van der Waals surface area (Å²) in [7, 11) is -2.80. The van der Waals surface area contributed by atoms with Gasteiger partial charge in [-0.2, -0.15) is 8.78 Å². The van der Waals surface area contributed by atoms with Crippen LogP contribution in [0.15, 0.2) is 47.4 Å². The number of alkyl halides is 2. The molecule has 0 aliphatic carbocycles. The summed E-state index contributed by atoms with van der Waals surface area (Å²) in [6.45, 7) is -3.11. The number of sulfonamides is 1. The average Bonchev–Trinajstić information content (AvgIpc) is 2.54. The monoisotopic (exact) mass is 373 g/mol. The lowest BCUT2D eigenvalue weighted by Gasteiger charge is -2.13. The van der Waals surface area contributed by atoms with E-state index in [0.29, 0.717) is 0 Å². The highest BCUT2D eigenvalue weighted by Gasteiger charge is 2.17. The van der Waals surface area contributed by atoms with Crippen LogP contribution in [0.5, 0.6) is 11.5 Å². The van der Waals surface area contributed by atoms with Gasteiger partial charge in [0.15, 0.2) is 11.5 Å². The fourth-order valence-corrected chi connectivity index (χ4v) is 2.97. The van der Waals surface area contributed by atoms with Crippen molar-refractivity contribution < 1.29 is 36.6 Å². The molecule has 0 atom stereocenters. The van der Waals surface area contributed by atoms with Gasteiger partial charge in [-0.25, -0.2) is 13.2 Å². The molecule has 25 heavy (non-hydrogen) atoms. The third-order valence-electron chi connectivity index (χ3n) is 3.04. The Balaban J connectivity index is 2.29. The Hall–Kier alpha value is -2.88. The molecule has 0 aliphatic rings. The molecule has 0 fully saturated rings. The molecule has 0 amide bonds. The third kappa shape index (κ3) is 4.57.